The minimum Gasteiger partial charge on any atom is -0.462 e. The van der Waals surface area contributed by atoms with Crippen molar-refractivity contribution < 1.29 is 28.6 Å². The van der Waals surface area contributed by atoms with Crippen LogP contribution in [0.15, 0.2) is 36.5 Å². The maximum Gasteiger partial charge on any atom is 0.306 e. The molecule has 58 heavy (non-hydrogen) atoms. The highest BCUT2D eigenvalue weighted by Crippen LogP contribution is 2.15. The molecule has 0 radical (unpaired) electrons. The van der Waals surface area contributed by atoms with Crippen LogP contribution in [0.5, 0.6) is 0 Å². The summed E-state index contributed by atoms with van der Waals surface area (Å²) in [5, 5.41) is 0. The molecule has 0 fully saturated rings. The van der Waals surface area contributed by atoms with Crippen LogP contribution in [-0.2, 0) is 28.6 Å². The van der Waals surface area contributed by atoms with Crippen molar-refractivity contribution in [2.24, 2.45) is 0 Å². The van der Waals surface area contributed by atoms with E-state index in [9.17, 15) is 14.4 Å². The second kappa shape index (κ2) is 47.3. The van der Waals surface area contributed by atoms with Gasteiger partial charge in [0.15, 0.2) is 6.10 Å². The molecular formula is C52H94O6. The van der Waals surface area contributed by atoms with Gasteiger partial charge in [-0.2, -0.15) is 0 Å². The third-order valence-corrected chi connectivity index (χ3v) is 10.9. The van der Waals surface area contributed by atoms with Gasteiger partial charge in [0, 0.05) is 19.3 Å². The lowest BCUT2D eigenvalue weighted by atomic mass is 10.0. The second-order valence-electron chi connectivity index (χ2n) is 16.7. The van der Waals surface area contributed by atoms with Crippen LogP contribution in [0.3, 0.4) is 0 Å². The number of carbonyl (C=O) groups is 3. The highest BCUT2D eigenvalue weighted by atomic mass is 16.6. The summed E-state index contributed by atoms with van der Waals surface area (Å²) in [6.07, 6.45) is 54.0. The molecule has 0 bridgehead atoms. The predicted octanol–water partition coefficient (Wildman–Crippen LogP) is 16.1. The van der Waals surface area contributed by atoms with Crippen LogP contribution in [0.2, 0.25) is 0 Å². The van der Waals surface area contributed by atoms with E-state index in [-0.39, 0.29) is 31.1 Å². The van der Waals surface area contributed by atoms with Crippen molar-refractivity contribution >= 4 is 17.9 Å². The van der Waals surface area contributed by atoms with Gasteiger partial charge in [-0.1, -0.05) is 198 Å². The normalized spacial score (nSPS) is 12.3. The first kappa shape index (κ1) is 55.6. The van der Waals surface area contributed by atoms with Crippen LogP contribution >= 0.6 is 0 Å². The Bertz CT molecular complexity index is 984. The van der Waals surface area contributed by atoms with Gasteiger partial charge in [-0.25, -0.2) is 0 Å². The summed E-state index contributed by atoms with van der Waals surface area (Å²) in [5.41, 5.74) is 0. The third kappa shape index (κ3) is 44.7. The van der Waals surface area contributed by atoms with E-state index in [2.05, 4.69) is 57.2 Å². The van der Waals surface area contributed by atoms with E-state index < -0.39 is 6.10 Å². The Morgan fingerprint density at radius 2 is 0.621 bits per heavy atom. The Balaban J connectivity index is 4.38. The topological polar surface area (TPSA) is 78.9 Å². The lowest BCUT2D eigenvalue weighted by molar-refractivity contribution is -0.167. The summed E-state index contributed by atoms with van der Waals surface area (Å²) in [4.78, 5) is 37.9. The Morgan fingerprint density at radius 1 is 0.345 bits per heavy atom. The summed E-state index contributed by atoms with van der Waals surface area (Å²) in [6, 6.07) is 0. The van der Waals surface area contributed by atoms with Gasteiger partial charge in [0.25, 0.3) is 0 Å². The van der Waals surface area contributed by atoms with Crippen LogP contribution in [-0.4, -0.2) is 37.2 Å². The zero-order valence-electron chi connectivity index (χ0n) is 38.6. The van der Waals surface area contributed by atoms with Gasteiger partial charge in [0.1, 0.15) is 13.2 Å². The van der Waals surface area contributed by atoms with Crippen LogP contribution < -0.4 is 0 Å². The van der Waals surface area contributed by atoms with Gasteiger partial charge >= 0.3 is 17.9 Å². The molecule has 0 saturated carbocycles. The van der Waals surface area contributed by atoms with Crippen molar-refractivity contribution in [3.05, 3.63) is 36.5 Å². The molecule has 6 heteroatoms. The van der Waals surface area contributed by atoms with E-state index in [0.717, 1.165) is 83.5 Å². The zero-order chi connectivity index (χ0) is 42.3. The van der Waals surface area contributed by atoms with Gasteiger partial charge in [-0.05, 0) is 77.0 Å². The number of carbonyl (C=O) groups excluding carboxylic acids is 3. The van der Waals surface area contributed by atoms with E-state index in [4.69, 9.17) is 14.2 Å². The van der Waals surface area contributed by atoms with Gasteiger partial charge in [-0.15, -0.1) is 0 Å². The summed E-state index contributed by atoms with van der Waals surface area (Å²) >= 11 is 0. The van der Waals surface area contributed by atoms with Crippen LogP contribution in [0, 0.1) is 0 Å². The van der Waals surface area contributed by atoms with E-state index in [0.29, 0.717) is 19.3 Å². The number of esters is 3. The third-order valence-electron chi connectivity index (χ3n) is 10.9. The van der Waals surface area contributed by atoms with Crippen LogP contribution in [0.4, 0.5) is 0 Å². The Labute approximate surface area is 359 Å². The smallest absolute Gasteiger partial charge is 0.306 e. The average molecular weight is 815 g/mol. The molecule has 0 rings (SSSR count). The molecular weight excluding hydrogens is 721 g/mol. The maximum absolute atomic E-state index is 12.8. The lowest BCUT2D eigenvalue weighted by Gasteiger charge is -2.18. The molecule has 0 aliphatic rings. The first-order valence-electron chi connectivity index (χ1n) is 25.0. The first-order valence-corrected chi connectivity index (χ1v) is 25.0. The van der Waals surface area contributed by atoms with Crippen molar-refractivity contribution in [1.29, 1.82) is 0 Å². The van der Waals surface area contributed by atoms with E-state index in [1.807, 2.05) is 0 Å². The number of allylic oxidation sites excluding steroid dienone is 6. The molecule has 0 saturated heterocycles. The number of ether oxygens (including phenoxy) is 3. The molecule has 1 atom stereocenters. The van der Waals surface area contributed by atoms with Crippen LogP contribution in [0.1, 0.15) is 258 Å². The lowest BCUT2D eigenvalue weighted by Crippen LogP contribution is -2.30. The van der Waals surface area contributed by atoms with Crippen LogP contribution in [0.25, 0.3) is 0 Å². The fourth-order valence-corrected chi connectivity index (χ4v) is 7.05. The summed E-state index contributed by atoms with van der Waals surface area (Å²) in [6.45, 7) is 6.58. The number of hydrogen-bond acceptors (Lipinski definition) is 6. The van der Waals surface area contributed by atoms with Crippen molar-refractivity contribution in [2.45, 2.75) is 264 Å². The maximum atomic E-state index is 12.8. The monoisotopic (exact) mass is 815 g/mol. The molecule has 0 amide bonds. The van der Waals surface area contributed by atoms with Crippen molar-refractivity contribution in [3.63, 3.8) is 0 Å². The fraction of sp³-hybridized carbons (Fsp3) is 0.827. The molecule has 0 aromatic rings. The molecule has 0 heterocycles. The second-order valence-corrected chi connectivity index (χ2v) is 16.7. The fourth-order valence-electron chi connectivity index (χ4n) is 7.05. The molecule has 0 N–H and O–H groups in total. The van der Waals surface area contributed by atoms with Crippen molar-refractivity contribution in [2.75, 3.05) is 13.2 Å². The summed E-state index contributed by atoms with van der Waals surface area (Å²) in [7, 11) is 0. The molecule has 0 aromatic heterocycles. The summed E-state index contributed by atoms with van der Waals surface area (Å²) in [5.74, 6) is -0.893. The largest absolute Gasteiger partial charge is 0.462 e. The zero-order valence-corrected chi connectivity index (χ0v) is 38.6. The molecule has 0 aromatic carbocycles. The van der Waals surface area contributed by atoms with Gasteiger partial charge in [0.05, 0.1) is 0 Å². The SMILES string of the molecule is CCCCC/C=C\C/C=C\CCCCCCCC(=O)OCC(COC(=O)CCCCCCC/C=C\CCCCC)OC(=O)CCCCCCCCCCCCCCC. The van der Waals surface area contributed by atoms with Crippen molar-refractivity contribution in [1.82, 2.24) is 0 Å². The highest BCUT2D eigenvalue weighted by Gasteiger charge is 2.19. The highest BCUT2D eigenvalue weighted by molar-refractivity contribution is 5.71. The standard InChI is InChI=1S/C52H94O6/c1-4-7-10-13-16-19-22-25-26-28-30-33-36-39-42-45-51(54)57-48-49(47-56-50(53)44-41-38-35-32-29-24-21-18-15-12-9-6-3)58-52(55)46-43-40-37-34-31-27-23-20-17-14-11-8-5-2/h16,18-19,21,25-26,49H,4-15,17,20,22-24,27-48H2,1-3H3/b19-16-,21-18-,26-25-. The van der Waals surface area contributed by atoms with E-state index >= 15 is 0 Å². The Hall–Kier alpha value is -2.37. The number of rotatable bonds is 45. The summed E-state index contributed by atoms with van der Waals surface area (Å²) < 4.78 is 16.8. The molecule has 6 nitrogen and oxygen atoms in total. The minimum absolute atomic E-state index is 0.0786. The van der Waals surface area contributed by atoms with Gasteiger partial charge in [0.2, 0.25) is 0 Å². The number of unbranched alkanes of at least 4 members (excludes halogenated alkanes) is 28. The Kier molecular flexibility index (Phi) is 45.4. The molecule has 0 spiro atoms. The quantitative estimate of drug-likeness (QED) is 0.0264. The minimum atomic E-state index is -0.776. The van der Waals surface area contributed by atoms with Gasteiger partial charge in [-0.3, -0.25) is 14.4 Å². The first-order chi connectivity index (χ1) is 28.5. The molecule has 0 aliphatic carbocycles. The molecule has 338 valence electrons. The average Bonchev–Trinajstić information content (AvgIpc) is 3.22. The Morgan fingerprint density at radius 3 is 1.00 bits per heavy atom. The number of hydrogen-bond donors (Lipinski definition) is 0. The van der Waals surface area contributed by atoms with E-state index in [1.165, 1.54) is 135 Å². The van der Waals surface area contributed by atoms with Crippen molar-refractivity contribution in [3.8, 4) is 0 Å². The van der Waals surface area contributed by atoms with Gasteiger partial charge < -0.3 is 14.2 Å². The molecule has 1 unspecified atom stereocenters. The van der Waals surface area contributed by atoms with E-state index in [1.54, 1.807) is 0 Å². The molecule has 0 aliphatic heterocycles. The predicted molar refractivity (Wildman–Crippen MR) is 247 cm³/mol.